The fourth-order valence-corrected chi connectivity index (χ4v) is 6.91. The van der Waals surface area contributed by atoms with Crippen LogP contribution in [-0.4, -0.2) is 29.5 Å². The molecule has 0 fully saturated rings. The summed E-state index contributed by atoms with van der Waals surface area (Å²) in [6.07, 6.45) is 36.2. The quantitative estimate of drug-likeness (QED) is 0.0588. The zero-order valence-electron chi connectivity index (χ0n) is 31.4. The number of aromatic amines is 1. The predicted octanol–water partition coefficient (Wildman–Crippen LogP) is 12.7. The summed E-state index contributed by atoms with van der Waals surface area (Å²) in [5.41, 5.74) is 2.37. The number of carbonyl (C=O) groups excluding carboxylic acids is 2. The number of rotatable bonds is 33. The van der Waals surface area contributed by atoms with E-state index in [2.05, 4.69) is 42.3 Å². The first-order chi connectivity index (χ1) is 23.6. The normalized spacial score (nSPS) is 12.0. The molecule has 0 saturated heterocycles. The van der Waals surface area contributed by atoms with Crippen LogP contribution in [0.5, 0.6) is 0 Å². The Balaban J connectivity index is 1.61. The Morgan fingerprint density at radius 3 is 1.71 bits per heavy atom. The number of unbranched alkanes of at least 4 members (excludes halogenated alkanes) is 21. The fourth-order valence-electron chi connectivity index (χ4n) is 6.91. The average molecular weight is 667 g/mol. The Labute approximate surface area is 295 Å². The van der Waals surface area contributed by atoms with Crippen LogP contribution >= 0.6 is 0 Å². The second-order valence-electron chi connectivity index (χ2n) is 14.4. The Morgan fingerprint density at radius 1 is 0.625 bits per heavy atom. The van der Waals surface area contributed by atoms with E-state index in [9.17, 15) is 9.59 Å². The second-order valence-corrected chi connectivity index (χ2v) is 14.4. The first-order valence-corrected chi connectivity index (χ1v) is 20.6. The highest BCUT2D eigenvalue weighted by atomic mass is 16.5. The molecule has 1 aromatic heterocycles. The van der Waals surface area contributed by atoms with E-state index < -0.39 is 0 Å². The van der Waals surface area contributed by atoms with E-state index in [1.54, 1.807) is 0 Å². The number of carbonyl (C=O) groups is 2. The molecule has 2 rings (SSSR count). The van der Waals surface area contributed by atoms with E-state index in [1.165, 1.54) is 139 Å². The van der Waals surface area contributed by atoms with Gasteiger partial charge in [0.15, 0.2) is 0 Å². The molecule has 0 bridgehead atoms. The van der Waals surface area contributed by atoms with Crippen molar-refractivity contribution >= 4 is 22.8 Å². The van der Waals surface area contributed by atoms with Gasteiger partial charge in [-0.3, -0.25) is 9.59 Å². The minimum atomic E-state index is -0.0626. The van der Waals surface area contributed by atoms with E-state index >= 15 is 0 Å². The molecule has 0 aliphatic carbocycles. The van der Waals surface area contributed by atoms with Crippen molar-refractivity contribution in [3.8, 4) is 0 Å². The molecule has 1 unspecified atom stereocenters. The maximum atomic E-state index is 12.8. The molecule has 0 aliphatic rings. The van der Waals surface area contributed by atoms with Crippen LogP contribution in [0.1, 0.15) is 199 Å². The summed E-state index contributed by atoms with van der Waals surface area (Å²) in [4.78, 5) is 28.7. The van der Waals surface area contributed by atoms with Gasteiger partial charge in [0, 0.05) is 36.5 Å². The third-order valence-electron chi connectivity index (χ3n) is 9.98. The van der Waals surface area contributed by atoms with Crippen LogP contribution in [0.2, 0.25) is 0 Å². The first-order valence-electron chi connectivity index (χ1n) is 20.6. The summed E-state index contributed by atoms with van der Waals surface area (Å²) in [6.45, 7) is 5.18. The number of para-hydroxylation sites is 1. The first kappa shape index (κ1) is 41.9. The minimum absolute atomic E-state index is 0.0432. The average Bonchev–Trinajstić information content (AvgIpc) is 3.50. The summed E-state index contributed by atoms with van der Waals surface area (Å²) in [6, 6.07) is 8.29. The molecule has 2 N–H and O–H groups in total. The molecule has 1 amide bonds. The Kier molecular flexibility index (Phi) is 25.8. The predicted molar refractivity (Wildman–Crippen MR) is 206 cm³/mol. The molecule has 0 radical (unpaired) electrons. The van der Waals surface area contributed by atoms with E-state index in [0.717, 1.165) is 50.5 Å². The zero-order valence-corrected chi connectivity index (χ0v) is 31.4. The number of esters is 1. The molecule has 0 aliphatic heterocycles. The van der Waals surface area contributed by atoms with Gasteiger partial charge in [-0.1, -0.05) is 167 Å². The maximum absolute atomic E-state index is 12.8. The minimum Gasteiger partial charge on any atom is -0.462 e. The number of fused-ring (bicyclic) bond motifs is 1. The summed E-state index contributed by atoms with van der Waals surface area (Å²) in [5.74, 6) is 0.0458. The molecular formula is C43H74N2O3. The van der Waals surface area contributed by atoms with Gasteiger partial charge in [0.1, 0.15) is 6.10 Å². The molecule has 1 aromatic carbocycles. The molecule has 0 spiro atoms. The molecule has 274 valence electrons. The molecule has 5 heteroatoms. The smallest absolute Gasteiger partial charge is 0.306 e. The number of hydrogen-bond acceptors (Lipinski definition) is 3. The SMILES string of the molecule is CCCCCCCCCCCCCCC(=O)OC(CCCCCCCCCCCCC)CCCC(=O)NCCc1c[nH]c2ccccc12. The lowest BCUT2D eigenvalue weighted by atomic mass is 10.0. The standard InChI is InChI=1S/C43H74N2O3/c1-3-5-7-9-11-13-15-17-19-21-23-25-34-43(47)48-39(29-24-22-20-18-16-14-12-10-8-6-4-2)30-28-33-42(46)44-36-35-38-37-45-41-32-27-26-31-40(38)41/h26-27,31-32,37,39,45H,3-25,28-30,33-36H2,1-2H3,(H,44,46). The van der Waals surface area contributed by atoms with Gasteiger partial charge in [0.25, 0.3) is 0 Å². The Morgan fingerprint density at radius 2 is 1.12 bits per heavy atom. The van der Waals surface area contributed by atoms with Crippen LogP contribution in [-0.2, 0) is 20.7 Å². The van der Waals surface area contributed by atoms with Gasteiger partial charge in [-0.2, -0.15) is 0 Å². The van der Waals surface area contributed by atoms with Gasteiger partial charge in [-0.05, 0) is 50.2 Å². The molecule has 2 aromatic rings. The lowest BCUT2D eigenvalue weighted by molar-refractivity contribution is -0.150. The van der Waals surface area contributed by atoms with Gasteiger partial charge in [-0.25, -0.2) is 0 Å². The highest BCUT2D eigenvalue weighted by molar-refractivity contribution is 5.83. The summed E-state index contributed by atoms with van der Waals surface area (Å²) in [7, 11) is 0. The second kappa shape index (κ2) is 29.6. The largest absolute Gasteiger partial charge is 0.462 e. The highest BCUT2D eigenvalue weighted by Crippen LogP contribution is 2.20. The lowest BCUT2D eigenvalue weighted by Gasteiger charge is -2.18. The number of H-pyrrole nitrogens is 1. The van der Waals surface area contributed by atoms with Crippen LogP contribution in [0.3, 0.4) is 0 Å². The number of benzene rings is 1. The van der Waals surface area contributed by atoms with Crippen LogP contribution in [0.4, 0.5) is 0 Å². The van der Waals surface area contributed by atoms with Crippen molar-refractivity contribution in [3.05, 3.63) is 36.0 Å². The molecule has 1 atom stereocenters. The van der Waals surface area contributed by atoms with Crippen molar-refractivity contribution in [1.82, 2.24) is 10.3 Å². The van der Waals surface area contributed by atoms with Crippen molar-refractivity contribution < 1.29 is 14.3 Å². The topological polar surface area (TPSA) is 71.2 Å². The maximum Gasteiger partial charge on any atom is 0.306 e. The Bertz CT molecular complexity index is 1050. The lowest BCUT2D eigenvalue weighted by Crippen LogP contribution is -2.26. The molecule has 48 heavy (non-hydrogen) atoms. The number of aromatic nitrogens is 1. The third kappa shape index (κ3) is 21.6. The van der Waals surface area contributed by atoms with E-state index in [4.69, 9.17) is 4.74 Å². The summed E-state index contributed by atoms with van der Waals surface area (Å²) in [5, 5.41) is 4.32. The van der Waals surface area contributed by atoms with E-state index in [1.807, 2.05) is 12.3 Å². The Hall–Kier alpha value is -2.30. The van der Waals surface area contributed by atoms with Crippen molar-refractivity contribution in [3.63, 3.8) is 0 Å². The molecule has 5 nitrogen and oxygen atoms in total. The van der Waals surface area contributed by atoms with Gasteiger partial charge in [0.2, 0.25) is 5.91 Å². The van der Waals surface area contributed by atoms with Gasteiger partial charge in [0.05, 0.1) is 0 Å². The molecule has 1 heterocycles. The van der Waals surface area contributed by atoms with Crippen LogP contribution in [0, 0.1) is 0 Å². The van der Waals surface area contributed by atoms with Crippen molar-refractivity contribution in [2.45, 2.75) is 206 Å². The van der Waals surface area contributed by atoms with Gasteiger partial charge < -0.3 is 15.0 Å². The highest BCUT2D eigenvalue weighted by Gasteiger charge is 2.15. The molecule has 0 saturated carbocycles. The fraction of sp³-hybridized carbons (Fsp3) is 0.767. The van der Waals surface area contributed by atoms with E-state index in [0.29, 0.717) is 19.4 Å². The van der Waals surface area contributed by atoms with Crippen LogP contribution < -0.4 is 5.32 Å². The van der Waals surface area contributed by atoms with Crippen molar-refractivity contribution in [2.24, 2.45) is 0 Å². The zero-order chi connectivity index (χ0) is 34.3. The number of ether oxygens (including phenoxy) is 1. The number of hydrogen-bond donors (Lipinski definition) is 2. The van der Waals surface area contributed by atoms with Gasteiger partial charge >= 0.3 is 5.97 Å². The van der Waals surface area contributed by atoms with Crippen molar-refractivity contribution in [1.29, 1.82) is 0 Å². The van der Waals surface area contributed by atoms with Crippen molar-refractivity contribution in [2.75, 3.05) is 6.54 Å². The monoisotopic (exact) mass is 667 g/mol. The third-order valence-corrected chi connectivity index (χ3v) is 9.98. The molecular weight excluding hydrogens is 592 g/mol. The summed E-state index contributed by atoms with van der Waals surface area (Å²) >= 11 is 0. The van der Waals surface area contributed by atoms with Crippen LogP contribution in [0.15, 0.2) is 30.5 Å². The number of nitrogens with one attached hydrogen (secondary N) is 2. The van der Waals surface area contributed by atoms with Crippen LogP contribution in [0.25, 0.3) is 10.9 Å². The van der Waals surface area contributed by atoms with E-state index in [-0.39, 0.29) is 18.0 Å². The number of amides is 1. The summed E-state index contributed by atoms with van der Waals surface area (Å²) < 4.78 is 6.02. The van der Waals surface area contributed by atoms with Gasteiger partial charge in [-0.15, -0.1) is 0 Å².